The number of hydrogen-bond donors (Lipinski definition) is 2. The van der Waals surface area contributed by atoms with E-state index in [-0.39, 0.29) is 11.8 Å². The van der Waals surface area contributed by atoms with Gasteiger partial charge < -0.3 is 5.32 Å². The minimum atomic E-state index is -3.03. The minimum Gasteiger partial charge on any atom is -0.315 e. The van der Waals surface area contributed by atoms with Crippen LogP contribution in [0.5, 0.6) is 0 Å². The van der Waals surface area contributed by atoms with Crippen molar-refractivity contribution in [3.05, 3.63) is 0 Å². The molecule has 84 valence electrons. The van der Waals surface area contributed by atoms with Crippen LogP contribution in [0.3, 0.4) is 0 Å². The molecule has 1 aliphatic heterocycles. The summed E-state index contributed by atoms with van der Waals surface area (Å²) in [6, 6.07) is 0.102. The first-order valence-corrected chi connectivity index (χ1v) is 7.00. The Labute approximate surface area is 86.5 Å². The van der Waals surface area contributed by atoms with Crippen molar-refractivity contribution in [1.29, 1.82) is 0 Å². The van der Waals surface area contributed by atoms with Gasteiger partial charge in [-0.25, -0.2) is 13.1 Å². The molecule has 1 atom stereocenters. The molecule has 1 rings (SSSR count). The van der Waals surface area contributed by atoms with Crippen LogP contribution in [0.1, 0.15) is 32.6 Å². The van der Waals surface area contributed by atoms with Crippen LogP contribution < -0.4 is 10.0 Å². The molecular formula is C9H20N2O2S. The normalized spacial score (nSPS) is 23.6. The van der Waals surface area contributed by atoms with E-state index >= 15 is 0 Å². The molecule has 5 heteroatoms. The Morgan fingerprint density at radius 1 is 1.50 bits per heavy atom. The molecule has 0 aromatic carbocycles. The monoisotopic (exact) mass is 220 g/mol. The fourth-order valence-electron chi connectivity index (χ4n) is 1.60. The van der Waals surface area contributed by atoms with E-state index in [1.807, 2.05) is 6.92 Å². The van der Waals surface area contributed by atoms with Gasteiger partial charge in [-0.3, -0.25) is 0 Å². The zero-order valence-corrected chi connectivity index (χ0v) is 9.57. The first-order chi connectivity index (χ1) is 6.64. The van der Waals surface area contributed by atoms with Crippen molar-refractivity contribution in [2.45, 2.75) is 38.6 Å². The van der Waals surface area contributed by atoms with Gasteiger partial charge in [0, 0.05) is 12.6 Å². The van der Waals surface area contributed by atoms with Crippen LogP contribution in [0.4, 0.5) is 0 Å². The highest BCUT2D eigenvalue weighted by Crippen LogP contribution is 2.04. The van der Waals surface area contributed by atoms with Crippen molar-refractivity contribution in [2.24, 2.45) is 0 Å². The average Bonchev–Trinajstić information content (AvgIpc) is 2.16. The van der Waals surface area contributed by atoms with Gasteiger partial charge in [0.05, 0.1) is 5.75 Å². The molecule has 0 aromatic rings. The Morgan fingerprint density at radius 2 is 2.29 bits per heavy atom. The summed E-state index contributed by atoms with van der Waals surface area (Å²) in [5.41, 5.74) is 0. The topological polar surface area (TPSA) is 58.2 Å². The summed E-state index contributed by atoms with van der Waals surface area (Å²) in [5.74, 6) is 0.264. The summed E-state index contributed by atoms with van der Waals surface area (Å²) in [4.78, 5) is 0. The Bertz CT molecular complexity index is 246. The number of rotatable bonds is 5. The number of nitrogens with one attached hydrogen (secondary N) is 2. The van der Waals surface area contributed by atoms with Gasteiger partial charge in [0.25, 0.3) is 0 Å². The van der Waals surface area contributed by atoms with Gasteiger partial charge in [0.15, 0.2) is 0 Å². The molecule has 0 bridgehead atoms. The van der Waals surface area contributed by atoms with Crippen molar-refractivity contribution >= 4 is 10.0 Å². The van der Waals surface area contributed by atoms with Crippen LogP contribution in [-0.2, 0) is 10.0 Å². The van der Waals surface area contributed by atoms with E-state index in [4.69, 9.17) is 0 Å². The zero-order chi connectivity index (χ0) is 10.4. The molecule has 1 heterocycles. The predicted molar refractivity (Wildman–Crippen MR) is 57.7 cm³/mol. The third-order valence-corrected chi connectivity index (χ3v) is 3.93. The molecule has 4 nitrogen and oxygen atoms in total. The van der Waals surface area contributed by atoms with Gasteiger partial charge in [0.1, 0.15) is 0 Å². The Balaban J connectivity index is 2.33. The van der Waals surface area contributed by atoms with Gasteiger partial charge in [0.2, 0.25) is 10.0 Å². The van der Waals surface area contributed by atoms with Gasteiger partial charge in [-0.2, -0.15) is 0 Å². The highest BCUT2D eigenvalue weighted by molar-refractivity contribution is 7.89. The molecule has 1 saturated heterocycles. The Morgan fingerprint density at radius 3 is 2.86 bits per heavy atom. The predicted octanol–water partition coefficient (Wildman–Crippen LogP) is 0.458. The van der Waals surface area contributed by atoms with Crippen molar-refractivity contribution in [3.8, 4) is 0 Å². The maximum atomic E-state index is 11.5. The van der Waals surface area contributed by atoms with Gasteiger partial charge in [-0.1, -0.05) is 13.3 Å². The molecule has 0 radical (unpaired) electrons. The quantitative estimate of drug-likeness (QED) is 0.707. The molecule has 14 heavy (non-hydrogen) atoms. The first-order valence-electron chi connectivity index (χ1n) is 5.35. The second-order valence-corrected chi connectivity index (χ2v) is 5.71. The van der Waals surface area contributed by atoms with Crippen molar-refractivity contribution in [3.63, 3.8) is 0 Å². The maximum absolute atomic E-state index is 11.5. The van der Waals surface area contributed by atoms with Crippen LogP contribution >= 0.6 is 0 Å². The standard InChI is InChI=1S/C9H20N2O2S/c1-2-3-7-14(12,13)11-9-5-4-6-10-8-9/h9-11H,2-8H2,1H3. The minimum absolute atomic E-state index is 0.102. The Kier molecular flexibility index (Phi) is 4.84. The molecule has 0 aliphatic carbocycles. The van der Waals surface area contributed by atoms with E-state index in [1.54, 1.807) is 0 Å². The lowest BCUT2D eigenvalue weighted by molar-refractivity contribution is 0.428. The van der Waals surface area contributed by atoms with E-state index in [2.05, 4.69) is 10.0 Å². The molecule has 0 spiro atoms. The molecule has 0 saturated carbocycles. The molecule has 1 fully saturated rings. The lowest BCUT2D eigenvalue weighted by Gasteiger charge is -2.23. The molecule has 1 aliphatic rings. The summed E-state index contributed by atoms with van der Waals surface area (Å²) in [6.07, 6.45) is 3.68. The first kappa shape index (κ1) is 11.9. The number of piperidine rings is 1. The van der Waals surface area contributed by atoms with Crippen molar-refractivity contribution in [2.75, 3.05) is 18.8 Å². The van der Waals surface area contributed by atoms with E-state index in [0.717, 1.165) is 38.8 Å². The van der Waals surface area contributed by atoms with E-state index in [0.29, 0.717) is 0 Å². The SMILES string of the molecule is CCCCS(=O)(=O)NC1CCCNC1. The van der Waals surface area contributed by atoms with Gasteiger partial charge >= 0.3 is 0 Å². The number of sulfonamides is 1. The third-order valence-electron chi connectivity index (χ3n) is 2.41. The van der Waals surface area contributed by atoms with E-state index < -0.39 is 10.0 Å². The summed E-state index contributed by atoms with van der Waals surface area (Å²) < 4.78 is 25.8. The second kappa shape index (κ2) is 5.68. The maximum Gasteiger partial charge on any atom is 0.211 e. The summed E-state index contributed by atoms with van der Waals surface area (Å²) >= 11 is 0. The third kappa shape index (κ3) is 4.39. The molecule has 2 N–H and O–H groups in total. The van der Waals surface area contributed by atoms with E-state index in [1.165, 1.54) is 0 Å². The smallest absolute Gasteiger partial charge is 0.211 e. The molecule has 1 unspecified atom stereocenters. The molecule has 0 aromatic heterocycles. The fraction of sp³-hybridized carbons (Fsp3) is 1.00. The van der Waals surface area contributed by atoms with Gasteiger partial charge in [-0.15, -0.1) is 0 Å². The van der Waals surface area contributed by atoms with Crippen LogP contribution in [0, 0.1) is 0 Å². The van der Waals surface area contributed by atoms with E-state index in [9.17, 15) is 8.42 Å². The lowest BCUT2D eigenvalue weighted by Crippen LogP contribution is -2.46. The van der Waals surface area contributed by atoms with Crippen molar-refractivity contribution < 1.29 is 8.42 Å². The number of unbranched alkanes of at least 4 members (excludes halogenated alkanes) is 1. The zero-order valence-electron chi connectivity index (χ0n) is 8.75. The largest absolute Gasteiger partial charge is 0.315 e. The van der Waals surface area contributed by atoms with Gasteiger partial charge in [-0.05, 0) is 25.8 Å². The highest BCUT2D eigenvalue weighted by atomic mass is 32.2. The highest BCUT2D eigenvalue weighted by Gasteiger charge is 2.18. The van der Waals surface area contributed by atoms with Crippen LogP contribution in [0.25, 0.3) is 0 Å². The number of hydrogen-bond acceptors (Lipinski definition) is 3. The van der Waals surface area contributed by atoms with Crippen molar-refractivity contribution in [1.82, 2.24) is 10.0 Å². The molecule has 0 amide bonds. The summed E-state index contributed by atoms with van der Waals surface area (Å²) in [7, 11) is -3.03. The van der Waals surface area contributed by atoms with Crippen LogP contribution in [-0.4, -0.2) is 33.3 Å². The summed E-state index contributed by atoms with van der Waals surface area (Å²) in [6.45, 7) is 3.77. The average molecular weight is 220 g/mol. The Hall–Kier alpha value is -0.130. The van der Waals surface area contributed by atoms with Crippen LogP contribution in [0.2, 0.25) is 0 Å². The van der Waals surface area contributed by atoms with Crippen LogP contribution in [0.15, 0.2) is 0 Å². The molecular weight excluding hydrogens is 200 g/mol. The summed E-state index contributed by atoms with van der Waals surface area (Å²) in [5, 5.41) is 3.19. The second-order valence-electron chi connectivity index (χ2n) is 3.83. The lowest BCUT2D eigenvalue weighted by atomic mass is 10.1. The fourth-order valence-corrected chi connectivity index (χ4v) is 3.10.